The van der Waals surface area contributed by atoms with Crippen molar-refractivity contribution in [3.63, 3.8) is 0 Å². The van der Waals surface area contributed by atoms with Crippen LogP contribution in [-0.4, -0.2) is 50.3 Å². The zero-order valence-corrected chi connectivity index (χ0v) is 20.6. The molecule has 0 aliphatic carbocycles. The summed E-state index contributed by atoms with van der Waals surface area (Å²) in [5, 5.41) is 0. The maximum Gasteiger partial charge on any atom is 0.305 e. The van der Waals surface area contributed by atoms with Crippen LogP contribution in [-0.2, 0) is 38.1 Å². The highest BCUT2D eigenvalue weighted by atomic mass is 16.5. The minimum Gasteiger partial charge on any atom is -0.466 e. The Labute approximate surface area is 193 Å². The molecule has 0 bridgehead atoms. The van der Waals surface area contributed by atoms with Crippen LogP contribution in [0.3, 0.4) is 0 Å². The lowest BCUT2D eigenvalue weighted by Gasteiger charge is -2.02. The Bertz CT molecular complexity index is 402. The van der Waals surface area contributed by atoms with Crippen molar-refractivity contribution in [1.29, 1.82) is 0 Å². The largest absolute Gasteiger partial charge is 0.466 e. The Morgan fingerprint density at radius 1 is 0.375 bits per heavy atom. The summed E-state index contributed by atoms with van der Waals surface area (Å²) in [7, 11) is 0. The fraction of sp³-hybridized carbons (Fsp3) is 0.833. The summed E-state index contributed by atoms with van der Waals surface area (Å²) in [5.74, 6) is -0.526. The Balaban J connectivity index is 0. The summed E-state index contributed by atoms with van der Waals surface area (Å²) in [6, 6.07) is 0. The van der Waals surface area contributed by atoms with Crippen LogP contribution in [0.4, 0.5) is 0 Å². The van der Waals surface area contributed by atoms with Gasteiger partial charge in [-0.05, 0) is 53.4 Å². The molecule has 8 heteroatoms. The van der Waals surface area contributed by atoms with E-state index < -0.39 is 0 Å². The maximum absolute atomic E-state index is 11.0. The molecule has 0 amide bonds. The number of esters is 4. The van der Waals surface area contributed by atoms with Crippen LogP contribution in [0.1, 0.15) is 105 Å². The minimum absolute atomic E-state index is 0.132. The molecule has 0 aromatic heterocycles. The van der Waals surface area contributed by atoms with E-state index in [0.29, 0.717) is 52.1 Å². The van der Waals surface area contributed by atoms with E-state index in [9.17, 15) is 19.2 Å². The highest BCUT2D eigenvalue weighted by Gasteiger charge is 2.04. The topological polar surface area (TPSA) is 105 Å². The van der Waals surface area contributed by atoms with Crippen LogP contribution in [0.5, 0.6) is 0 Å². The Hall–Kier alpha value is -2.12. The highest BCUT2D eigenvalue weighted by molar-refractivity contribution is 5.70. The Morgan fingerprint density at radius 3 is 0.719 bits per heavy atom. The molecule has 0 unspecified atom stereocenters. The molecule has 0 aromatic rings. The third-order valence-electron chi connectivity index (χ3n) is 4.24. The molecule has 0 aliphatic rings. The lowest BCUT2D eigenvalue weighted by molar-refractivity contribution is -0.144. The number of unbranched alkanes of at least 4 members (excludes halogenated alkanes) is 6. The van der Waals surface area contributed by atoms with E-state index in [1.54, 1.807) is 27.7 Å². The van der Waals surface area contributed by atoms with E-state index >= 15 is 0 Å². The molecule has 0 aromatic carbocycles. The maximum atomic E-state index is 11.0. The van der Waals surface area contributed by atoms with Crippen LogP contribution in [0, 0.1) is 0 Å². The molecular formula is C24H44O8. The first-order valence-corrected chi connectivity index (χ1v) is 12.0. The van der Waals surface area contributed by atoms with Gasteiger partial charge in [-0.3, -0.25) is 19.2 Å². The van der Waals surface area contributed by atoms with Crippen LogP contribution in [0.15, 0.2) is 0 Å². The molecule has 0 radical (unpaired) electrons. The van der Waals surface area contributed by atoms with Gasteiger partial charge in [0.25, 0.3) is 0 Å². The third-order valence-corrected chi connectivity index (χ3v) is 4.24. The number of ether oxygens (including phenoxy) is 4. The predicted molar refractivity (Wildman–Crippen MR) is 122 cm³/mol. The van der Waals surface area contributed by atoms with Crippen LogP contribution in [0.2, 0.25) is 0 Å². The number of hydrogen-bond acceptors (Lipinski definition) is 8. The van der Waals surface area contributed by atoms with E-state index in [0.717, 1.165) is 51.4 Å². The lowest BCUT2D eigenvalue weighted by Crippen LogP contribution is -2.04. The Kier molecular flexibility index (Phi) is 25.2. The molecule has 0 heterocycles. The molecule has 0 rings (SSSR count). The van der Waals surface area contributed by atoms with Crippen molar-refractivity contribution in [2.45, 2.75) is 105 Å². The van der Waals surface area contributed by atoms with Gasteiger partial charge in [0.05, 0.1) is 26.4 Å². The molecule has 0 atom stereocenters. The molecule has 0 aliphatic heterocycles. The zero-order valence-electron chi connectivity index (χ0n) is 20.6. The lowest BCUT2D eigenvalue weighted by atomic mass is 10.1. The highest BCUT2D eigenvalue weighted by Crippen LogP contribution is 2.08. The molecule has 0 saturated heterocycles. The molecule has 188 valence electrons. The Morgan fingerprint density at radius 2 is 0.562 bits per heavy atom. The molecule has 8 nitrogen and oxygen atoms in total. The van der Waals surface area contributed by atoms with Gasteiger partial charge in [0.1, 0.15) is 0 Å². The summed E-state index contributed by atoms with van der Waals surface area (Å²) in [6.45, 7) is 9.00. The van der Waals surface area contributed by atoms with Crippen LogP contribution in [0.25, 0.3) is 0 Å². The van der Waals surface area contributed by atoms with Gasteiger partial charge in [-0.1, -0.05) is 25.7 Å². The van der Waals surface area contributed by atoms with Gasteiger partial charge in [0, 0.05) is 25.7 Å². The number of rotatable bonds is 18. The molecule has 32 heavy (non-hydrogen) atoms. The molecule has 0 fully saturated rings. The minimum atomic E-state index is -0.132. The number of carbonyl (C=O) groups excluding carboxylic acids is 4. The van der Waals surface area contributed by atoms with Gasteiger partial charge in [0.15, 0.2) is 0 Å². The predicted octanol–water partition coefficient (Wildman–Crippen LogP) is 4.91. The second-order valence-electron chi connectivity index (χ2n) is 7.05. The third kappa shape index (κ3) is 25.9. The molecular weight excluding hydrogens is 416 g/mol. The first kappa shape index (κ1) is 32.1. The first-order chi connectivity index (χ1) is 15.4. The van der Waals surface area contributed by atoms with Crippen molar-refractivity contribution in [1.82, 2.24) is 0 Å². The van der Waals surface area contributed by atoms with Gasteiger partial charge in [0.2, 0.25) is 0 Å². The summed E-state index contributed by atoms with van der Waals surface area (Å²) in [4.78, 5) is 43.9. The standard InChI is InChI=1S/2C12H22O4/c2*1-3-15-11(13)9-7-5-6-8-10-12(14)16-4-2/h2*3-10H2,1-2H3. The van der Waals surface area contributed by atoms with Crippen molar-refractivity contribution in [2.75, 3.05) is 26.4 Å². The van der Waals surface area contributed by atoms with Crippen molar-refractivity contribution < 1.29 is 38.1 Å². The van der Waals surface area contributed by atoms with Crippen molar-refractivity contribution in [2.24, 2.45) is 0 Å². The summed E-state index contributed by atoms with van der Waals surface area (Å²) in [5.41, 5.74) is 0. The number of hydrogen-bond donors (Lipinski definition) is 0. The van der Waals surface area contributed by atoms with Gasteiger partial charge in [-0.15, -0.1) is 0 Å². The van der Waals surface area contributed by atoms with E-state index in [2.05, 4.69) is 0 Å². The van der Waals surface area contributed by atoms with Gasteiger partial charge in [-0.2, -0.15) is 0 Å². The van der Waals surface area contributed by atoms with Crippen molar-refractivity contribution in [3.8, 4) is 0 Å². The van der Waals surface area contributed by atoms with Crippen molar-refractivity contribution >= 4 is 23.9 Å². The summed E-state index contributed by atoms with van der Waals surface area (Å²) in [6.07, 6.45) is 9.08. The van der Waals surface area contributed by atoms with Gasteiger partial charge < -0.3 is 18.9 Å². The van der Waals surface area contributed by atoms with Gasteiger partial charge in [-0.25, -0.2) is 0 Å². The summed E-state index contributed by atoms with van der Waals surface area (Å²) < 4.78 is 19.2. The number of carbonyl (C=O) groups is 4. The fourth-order valence-electron chi connectivity index (χ4n) is 2.72. The van der Waals surface area contributed by atoms with Gasteiger partial charge >= 0.3 is 23.9 Å². The summed E-state index contributed by atoms with van der Waals surface area (Å²) >= 11 is 0. The molecule has 0 saturated carbocycles. The normalized spacial score (nSPS) is 9.88. The van der Waals surface area contributed by atoms with Crippen LogP contribution >= 0.6 is 0 Å². The SMILES string of the molecule is CCOC(=O)CCCCCCC(=O)OCC.CCOC(=O)CCCCCCC(=O)OCC. The van der Waals surface area contributed by atoms with E-state index in [-0.39, 0.29) is 23.9 Å². The van der Waals surface area contributed by atoms with E-state index in [1.165, 1.54) is 0 Å². The second-order valence-corrected chi connectivity index (χ2v) is 7.05. The van der Waals surface area contributed by atoms with E-state index in [4.69, 9.17) is 18.9 Å². The first-order valence-electron chi connectivity index (χ1n) is 12.0. The average Bonchev–Trinajstić information content (AvgIpc) is 2.74. The smallest absolute Gasteiger partial charge is 0.305 e. The quantitative estimate of drug-likeness (QED) is 0.161. The zero-order chi connectivity index (χ0) is 24.5. The van der Waals surface area contributed by atoms with E-state index in [1.807, 2.05) is 0 Å². The fourth-order valence-corrected chi connectivity index (χ4v) is 2.72. The average molecular weight is 461 g/mol. The van der Waals surface area contributed by atoms with Crippen LogP contribution < -0.4 is 0 Å². The van der Waals surface area contributed by atoms with Crippen molar-refractivity contribution in [3.05, 3.63) is 0 Å². The monoisotopic (exact) mass is 460 g/mol. The molecule has 0 N–H and O–H groups in total. The second kappa shape index (κ2) is 25.1. The molecule has 0 spiro atoms.